The molecule has 1 aliphatic rings. The highest BCUT2D eigenvalue weighted by molar-refractivity contribution is 6.00. The Balaban J connectivity index is 1.99. The second-order valence-electron chi connectivity index (χ2n) is 6.50. The summed E-state index contributed by atoms with van der Waals surface area (Å²) in [6, 6.07) is 12.2. The van der Waals surface area contributed by atoms with Crippen molar-refractivity contribution in [2.75, 3.05) is 19.0 Å². The van der Waals surface area contributed by atoms with Crippen LogP contribution in [0.2, 0.25) is 0 Å². The molecule has 0 fully saturated rings. The van der Waals surface area contributed by atoms with E-state index in [9.17, 15) is 14.9 Å². The maximum absolute atomic E-state index is 12.1. The first-order valence-electron chi connectivity index (χ1n) is 8.35. The molecule has 2 aromatic rings. The molecule has 0 saturated heterocycles. The molecule has 140 valence electrons. The van der Waals surface area contributed by atoms with Crippen LogP contribution in [0.25, 0.3) is 0 Å². The summed E-state index contributed by atoms with van der Waals surface area (Å²) < 4.78 is 5.89. The van der Waals surface area contributed by atoms with Crippen molar-refractivity contribution in [3.8, 4) is 0 Å². The highest BCUT2D eigenvalue weighted by Crippen LogP contribution is 2.33. The summed E-state index contributed by atoms with van der Waals surface area (Å²) in [5.41, 5.74) is 2.69. The number of carbonyl (C=O) groups excluding carboxylic acids is 1. The van der Waals surface area contributed by atoms with Crippen molar-refractivity contribution in [2.24, 2.45) is 5.10 Å². The van der Waals surface area contributed by atoms with Crippen molar-refractivity contribution in [2.45, 2.75) is 20.1 Å². The lowest BCUT2D eigenvalue weighted by Crippen LogP contribution is -2.25. The first kappa shape index (κ1) is 18.4. The van der Waals surface area contributed by atoms with E-state index in [4.69, 9.17) is 4.74 Å². The fourth-order valence-electron chi connectivity index (χ4n) is 2.81. The third kappa shape index (κ3) is 3.59. The number of hydrogen-bond donors (Lipinski definition) is 0. The fourth-order valence-corrected chi connectivity index (χ4v) is 2.81. The van der Waals surface area contributed by atoms with E-state index in [0.717, 1.165) is 16.8 Å². The molecule has 0 aliphatic carbocycles. The normalized spacial score (nSPS) is 15.9. The largest absolute Gasteiger partial charge is 0.445 e. The molecule has 3 rings (SSSR count). The van der Waals surface area contributed by atoms with Crippen LogP contribution in [0.1, 0.15) is 29.8 Å². The van der Waals surface area contributed by atoms with Crippen LogP contribution in [-0.4, -0.2) is 35.8 Å². The van der Waals surface area contributed by atoms with E-state index in [0.29, 0.717) is 0 Å². The zero-order valence-corrected chi connectivity index (χ0v) is 15.5. The van der Waals surface area contributed by atoms with E-state index in [2.05, 4.69) is 5.10 Å². The molecule has 1 amide bonds. The van der Waals surface area contributed by atoms with Gasteiger partial charge in [-0.05, 0) is 30.7 Å². The summed E-state index contributed by atoms with van der Waals surface area (Å²) in [5, 5.41) is 16.8. The maximum atomic E-state index is 12.1. The smallest absolute Gasteiger partial charge is 0.282 e. The number of carbonyl (C=O) groups is 1. The molecule has 0 aromatic heterocycles. The fraction of sp³-hybridized carbons (Fsp3) is 0.263. The van der Waals surface area contributed by atoms with E-state index in [-0.39, 0.29) is 23.1 Å². The molecule has 8 nitrogen and oxygen atoms in total. The predicted molar refractivity (Wildman–Crippen MR) is 101 cm³/mol. The van der Waals surface area contributed by atoms with Crippen LogP contribution in [0.5, 0.6) is 0 Å². The van der Waals surface area contributed by atoms with Gasteiger partial charge in [0.05, 0.1) is 4.92 Å². The number of rotatable bonds is 4. The molecule has 1 atom stereocenters. The van der Waals surface area contributed by atoms with Gasteiger partial charge in [0, 0.05) is 38.3 Å². The molecule has 0 radical (unpaired) electrons. The molecule has 1 aliphatic heterocycles. The van der Waals surface area contributed by atoms with E-state index in [1.54, 1.807) is 12.1 Å². The first-order valence-corrected chi connectivity index (χ1v) is 8.35. The van der Waals surface area contributed by atoms with Crippen molar-refractivity contribution in [1.29, 1.82) is 0 Å². The Kier molecular flexibility index (Phi) is 4.81. The number of nitro groups is 1. The predicted octanol–water partition coefficient (Wildman–Crippen LogP) is 3.21. The Bertz CT molecular complexity index is 922. The van der Waals surface area contributed by atoms with Crippen LogP contribution in [0, 0.1) is 17.0 Å². The maximum Gasteiger partial charge on any atom is 0.282 e. The average molecular weight is 368 g/mol. The van der Waals surface area contributed by atoms with Crippen molar-refractivity contribution in [3.05, 3.63) is 69.3 Å². The number of nitro benzene ring substituents is 1. The molecular formula is C19H20N4O4. The van der Waals surface area contributed by atoms with Crippen molar-refractivity contribution < 1.29 is 14.5 Å². The Labute approximate surface area is 156 Å². The Hall–Kier alpha value is -3.42. The molecule has 1 heterocycles. The molecule has 8 heteroatoms. The number of anilines is 1. The average Bonchev–Trinajstić information content (AvgIpc) is 3.07. The minimum Gasteiger partial charge on any atom is -0.445 e. The van der Waals surface area contributed by atoms with Crippen molar-refractivity contribution in [3.63, 3.8) is 0 Å². The van der Waals surface area contributed by atoms with Gasteiger partial charge in [-0.25, -0.2) is 0 Å². The monoisotopic (exact) mass is 368 g/mol. The molecule has 1 unspecified atom stereocenters. The quantitative estimate of drug-likeness (QED) is 0.611. The molecule has 2 aromatic carbocycles. The van der Waals surface area contributed by atoms with E-state index < -0.39 is 11.2 Å². The number of nitrogens with zero attached hydrogens (tertiary/aromatic N) is 4. The van der Waals surface area contributed by atoms with Crippen LogP contribution in [0.15, 0.2) is 47.6 Å². The number of ether oxygens (including phenoxy) is 1. The number of hydrazone groups is 1. The standard InChI is InChI=1S/C19H20N4O4/c1-12-5-10-17(23(25)26)16(11-12)18-20-22(13(2)24)19(27-18)14-6-8-15(9-7-14)21(3)4/h5-11,19H,1-4H3. The van der Waals surface area contributed by atoms with E-state index in [1.807, 2.05) is 50.2 Å². The second-order valence-corrected chi connectivity index (χ2v) is 6.50. The lowest BCUT2D eigenvalue weighted by molar-refractivity contribution is -0.385. The lowest BCUT2D eigenvalue weighted by atomic mass is 10.1. The van der Waals surface area contributed by atoms with Crippen LogP contribution in [0.3, 0.4) is 0 Å². The van der Waals surface area contributed by atoms with Gasteiger partial charge in [0.25, 0.3) is 5.69 Å². The highest BCUT2D eigenvalue weighted by Gasteiger charge is 2.35. The molecule has 27 heavy (non-hydrogen) atoms. The molecule has 0 saturated carbocycles. The van der Waals surface area contributed by atoms with Gasteiger partial charge in [-0.1, -0.05) is 18.2 Å². The Morgan fingerprint density at radius 3 is 2.44 bits per heavy atom. The van der Waals surface area contributed by atoms with Crippen LogP contribution < -0.4 is 4.90 Å². The zero-order chi connectivity index (χ0) is 19.7. The summed E-state index contributed by atoms with van der Waals surface area (Å²) in [6.07, 6.45) is -0.770. The number of aryl methyl sites for hydroxylation is 1. The van der Waals surface area contributed by atoms with Crippen LogP contribution in [0.4, 0.5) is 11.4 Å². The Morgan fingerprint density at radius 1 is 1.22 bits per heavy atom. The Morgan fingerprint density at radius 2 is 1.89 bits per heavy atom. The van der Waals surface area contributed by atoms with E-state index >= 15 is 0 Å². The summed E-state index contributed by atoms with van der Waals surface area (Å²) in [7, 11) is 3.86. The molecular weight excluding hydrogens is 348 g/mol. The van der Waals surface area contributed by atoms with Gasteiger partial charge < -0.3 is 9.64 Å². The van der Waals surface area contributed by atoms with Gasteiger partial charge in [0.1, 0.15) is 5.56 Å². The SMILES string of the molecule is CC(=O)N1N=C(c2cc(C)ccc2[N+](=O)[O-])OC1c1ccc(N(C)C)cc1. The minimum absolute atomic E-state index is 0.0577. The zero-order valence-electron chi connectivity index (χ0n) is 15.5. The van der Waals surface area contributed by atoms with Gasteiger partial charge in [-0.15, -0.1) is 5.10 Å². The van der Waals surface area contributed by atoms with Gasteiger partial charge in [-0.3, -0.25) is 14.9 Å². The molecule has 0 N–H and O–H groups in total. The summed E-state index contributed by atoms with van der Waals surface area (Å²) in [4.78, 5) is 24.9. The third-order valence-electron chi connectivity index (χ3n) is 4.24. The molecule has 0 spiro atoms. The third-order valence-corrected chi connectivity index (χ3v) is 4.24. The van der Waals surface area contributed by atoms with Crippen molar-refractivity contribution >= 4 is 23.2 Å². The number of benzene rings is 2. The number of hydrogen-bond acceptors (Lipinski definition) is 6. The summed E-state index contributed by atoms with van der Waals surface area (Å²) in [5.74, 6) is -0.260. The second kappa shape index (κ2) is 7.06. The van der Waals surface area contributed by atoms with Crippen LogP contribution >= 0.6 is 0 Å². The lowest BCUT2D eigenvalue weighted by Gasteiger charge is -2.20. The summed E-state index contributed by atoms with van der Waals surface area (Å²) >= 11 is 0. The van der Waals surface area contributed by atoms with Gasteiger partial charge in [0.2, 0.25) is 18.0 Å². The molecule has 0 bridgehead atoms. The van der Waals surface area contributed by atoms with Gasteiger partial charge in [-0.2, -0.15) is 5.01 Å². The van der Waals surface area contributed by atoms with Gasteiger partial charge >= 0.3 is 0 Å². The topological polar surface area (TPSA) is 88.3 Å². The first-order chi connectivity index (χ1) is 12.8. The minimum atomic E-state index is -0.770. The van der Waals surface area contributed by atoms with Gasteiger partial charge in [0.15, 0.2) is 0 Å². The van der Waals surface area contributed by atoms with Crippen LogP contribution in [-0.2, 0) is 9.53 Å². The van der Waals surface area contributed by atoms with E-state index in [1.165, 1.54) is 18.0 Å². The highest BCUT2D eigenvalue weighted by atomic mass is 16.6. The number of amides is 1. The van der Waals surface area contributed by atoms with Crippen molar-refractivity contribution in [1.82, 2.24) is 5.01 Å². The summed E-state index contributed by atoms with van der Waals surface area (Å²) in [6.45, 7) is 3.20.